The van der Waals surface area contributed by atoms with E-state index in [0.717, 1.165) is 43.3 Å². The summed E-state index contributed by atoms with van der Waals surface area (Å²) in [6.07, 6.45) is 5.72. The third-order valence-corrected chi connectivity index (χ3v) is 3.25. The van der Waals surface area contributed by atoms with Crippen molar-refractivity contribution < 1.29 is 4.74 Å². The highest BCUT2D eigenvalue weighted by atomic mass is 16.5. The Balaban J connectivity index is 1.93. The summed E-state index contributed by atoms with van der Waals surface area (Å²) in [6, 6.07) is 3.96. The summed E-state index contributed by atoms with van der Waals surface area (Å²) in [7, 11) is 0. The molecule has 0 atom stereocenters. The van der Waals surface area contributed by atoms with E-state index in [1.54, 1.807) is 6.20 Å². The number of ether oxygens (including phenoxy) is 1. The van der Waals surface area contributed by atoms with Gasteiger partial charge in [0.05, 0.1) is 6.54 Å². The lowest BCUT2D eigenvalue weighted by Gasteiger charge is -2.25. The fourth-order valence-corrected chi connectivity index (χ4v) is 1.95. The van der Waals surface area contributed by atoms with Gasteiger partial charge in [0.2, 0.25) is 5.88 Å². The van der Waals surface area contributed by atoms with E-state index in [2.05, 4.69) is 34.5 Å². The summed E-state index contributed by atoms with van der Waals surface area (Å²) in [4.78, 5) is 8.80. The van der Waals surface area contributed by atoms with Crippen molar-refractivity contribution in [1.82, 2.24) is 15.6 Å². The molecule has 0 aliphatic heterocycles. The highest BCUT2D eigenvalue weighted by molar-refractivity contribution is 5.79. The zero-order valence-electron chi connectivity index (χ0n) is 12.4. The monoisotopic (exact) mass is 276 g/mol. The maximum atomic E-state index is 5.80. The number of nitrogens with zero attached hydrogens (tertiary/aromatic N) is 2. The van der Waals surface area contributed by atoms with Crippen molar-refractivity contribution in [3.63, 3.8) is 0 Å². The highest BCUT2D eigenvalue weighted by Gasteiger charge is 2.19. The van der Waals surface area contributed by atoms with Crippen LogP contribution in [0.2, 0.25) is 0 Å². The fraction of sp³-hybridized carbons (Fsp3) is 0.600. The first-order chi connectivity index (χ1) is 9.81. The van der Waals surface area contributed by atoms with Gasteiger partial charge in [-0.25, -0.2) is 9.98 Å². The summed E-state index contributed by atoms with van der Waals surface area (Å²) in [5.41, 5.74) is 1.11. The average Bonchev–Trinajstić information content (AvgIpc) is 2.41. The molecular formula is C15H24N4O. The summed E-state index contributed by atoms with van der Waals surface area (Å²) in [6.45, 7) is 6.46. The van der Waals surface area contributed by atoms with Crippen LogP contribution in [0.15, 0.2) is 23.3 Å². The Kier molecular flexibility index (Phi) is 5.65. The molecule has 1 aliphatic carbocycles. The minimum absolute atomic E-state index is 0.361. The molecule has 2 rings (SSSR count). The lowest BCUT2D eigenvalue weighted by atomic mass is 9.96. The summed E-state index contributed by atoms with van der Waals surface area (Å²) >= 11 is 0. The van der Waals surface area contributed by atoms with Crippen LogP contribution in [0.1, 0.15) is 38.7 Å². The quantitative estimate of drug-likeness (QED) is 0.617. The van der Waals surface area contributed by atoms with Gasteiger partial charge >= 0.3 is 0 Å². The van der Waals surface area contributed by atoms with Gasteiger partial charge in [-0.05, 0) is 44.7 Å². The molecule has 0 amide bonds. The Morgan fingerprint density at radius 1 is 1.35 bits per heavy atom. The van der Waals surface area contributed by atoms with Crippen LogP contribution in [0.5, 0.6) is 5.88 Å². The molecule has 2 N–H and O–H groups in total. The molecule has 1 fully saturated rings. The number of aliphatic imine (C=N–C) groups is 1. The SMILES string of the molecule is CCNC(=NCc1ccnc(OC2CCC2)c1)NCC. The Hall–Kier alpha value is -1.78. The Labute approximate surface area is 120 Å². The number of guanidine groups is 1. The van der Waals surface area contributed by atoms with Crippen LogP contribution >= 0.6 is 0 Å². The van der Waals surface area contributed by atoms with Gasteiger partial charge < -0.3 is 15.4 Å². The first-order valence-electron chi connectivity index (χ1n) is 7.45. The van der Waals surface area contributed by atoms with Crippen molar-refractivity contribution >= 4 is 5.96 Å². The first kappa shape index (κ1) is 14.6. The van der Waals surface area contributed by atoms with Gasteiger partial charge in [0.1, 0.15) is 6.10 Å². The second-order valence-corrected chi connectivity index (χ2v) is 4.90. The average molecular weight is 276 g/mol. The van der Waals surface area contributed by atoms with Crippen LogP contribution in [0.25, 0.3) is 0 Å². The van der Waals surface area contributed by atoms with E-state index >= 15 is 0 Å². The molecule has 0 bridgehead atoms. The molecule has 1 saturated carbocycles. The molecule has 0 spiro atoms. The lowest BCUT2D eigenvalue weighted by Crippen LogP contribution is -2.36. The van der Waals surface area contributed by atoms with Gasteiger partial charge in [-0.1, -0.05) is 0 Å². The Morgan fingerprint density at radius 2 is 2.10 bits per heavy atom. The molecule has 1 aromatic heterocycles. The van der Waals surface area contributed by atoms with E-state index in [4.69, 9.17) is 4.74 Å². The maximum absolute atomic E-state index is 5.80. The largest absolute Gasteiger partial charge is 0.474 e. The van der Waals surface area contributed by atoms with Crippen molar-refractivity contribution in [2.45, 2.75) is 45.8 Å². The summed E-state index contributed by atoms with van der Waals surface area (Å²) in [5, 5.41) is 6.42. The summed E-state index contributed by atoms with van der Waals surface area (Å²) < 4.78 is 5.80. The Bertz CT molecular complexity index is 435. The number of nitrogens with one attached hydrogen (secondary N) is 2. The van der Waals surface area contributed by atoms with E-state index in [1.165, 1.54) is 6.42 Å². The zero-order valence-corrected chi connectivity index (χ0v) is 12.4. The van der Waals surface area contributed by atoms with Crippen LogP contribution in [-0.2, 0) is 6.54 Å². The molecular weight excluding hydrogens is 252 g/mol. The normalized spacial score (nSPS) is 14.3. The molecule has 1 heterocycles. The minimum atomic E-state index is 0.361. The fourth-order valence-electron chi connectivity index (χ4n) is 1.95. The molecule has 20 heavy (non-hydrogen) atoms. The molecule has 0 radical (unpaired) electrons. The molecule has 0 saturated heterocycles. The van der Waals surface area contributed by atoms with E-state index in [-0.39, 0.29) is 0 Å². The van der Waals surface area contributed by atoms with Crippen LogP contribution in [0.4, 0.5) is 0 Å². The highest BCUT2D eigenvalue weighted by Crippen LogP contribution is 2.24. The van der Waals surface area contributed by atoms with E-state index in [0.29, 0.717) is 12.6 Å². The third kappa shape index (κ3) is 4.40. The second kappa shape index (κ2) is 7.72. The van der Waals surface area contributed by atoms with Crippen LogP contribution in [-0.4, -0.2) is 30.1 Å². The predicted octanol–water partition coefficient (Wildman–Crippen LogP) is 2.09. The van der Waals surface area contributed by atoms with Gasteiger partial charge in [-0.3, -0.25) is 0 Å². The van der Waals surface area contributed by atoms with Crippen LogP contribution in [0, 0.1) is 0 Å². The number of pyridine rings is 1. The van der Waals surface area contributed by atoms with Crippen molar-refractivity contribution in [2.24, 2.45) is 4.99 Å². The molecule has 5 nitrogen and oxygen atoms in total. The van der Waals surface area contributed by atoms with Crippen molar-refractivity contribution in [1.29, 1.82) is 0 Å². The predicted molar refractivity (Wildman–Crippen MR) is 81.0 cm³/mol. The van der Waals surface area contributed by atoms with Crippen LogP contribution < -0.4 is 15.4 Å². The van der Waals surface area contributed by atoms with Gasteiger partial charge in [-0.2, -0.15) is 0 Å². The van der Waals surface area contributed by atoms with Crippen molar-refractivity contribution in [2.75, 3.05) is 13.1 Å². The topological polar surface area (TPSA) is 58.5 Å². The third-order valence-electron chi connectivity index (χ3n) is 3.25. The van der Waals surface area contributed by atoms with Gasteiger partial charge in [0, 0.05) is 25.4 Å². The number of rotatable bonds is 6. The molecule has 1 aliphatic rings. The number of hydrogen-bond donors (Lipinski definition) is 2. The van der Waals surface area contributed by atoms with Crippen molar-refractivity contribution in [3.8, 4) is 5.88 Å². The standard InChI is InChI=1S/C15H24N4O/c1-3-16-15(17-4-2)19-11-12-8-9-18-14(10-12)20-13-6-5-7-13/h8-10,13H,3-7,11H2,1-2H3,(H2,16,17,19). The zero-order chi connectivity index (χ0) is 14.2. The van der Waals surface area contributed by atoms with Gasteiger partial charge in [0.15, 0.2) is 5.96 Å². The van der Waals surface area contributed by atoms with E-state index in [9.17, 15) is 0 Å². The summed E-state index contributed by atoms with van der Waals surface area (Å²) in [5.74, 6) is 1.56. The lowest BCUT2D eigenvalue weighted by molar-refractivity contribution is 0.114. The first-order valence-corrected chi connectivity index (χ1v) is 7.45. The van der Waals surface area contributed by atoms with Gasteiger partial charge in [0.25, 0.3) is 0 Å². The van der Waals surface area contributed by atoms with E-state index in [1.807, 2.05) is 12.1 Å². The molecule has 0 unspecified atom stereocenters. The number of hydrogen-bond acceptors (Lipinski definition) is 3. The second-order valence-electron chi connectivity index (χ2n) is 4.90. The molecule has 110 valence electrons. The molecule has 5 heteroatoms. The van der Waals surface area contributed by atoms with E-state index < -0.39 is 0 Å². The van der Waals surface area contributed by atoms with Gasteiger partial charge in [-0.15, -0.1) is 0 Å². The number of aromatic nitrogens is 1. The van der Waals surface area contributed by atoms with Crippen molar-refractivity contribution in [3.05, 3.63) is 23.9 Å². The maximum Gasteiger partial charge on any atom is 0.213 e. The molecule has 0 aromatic carbocycles. The van der Waals surface area contributed by atoms with Crippen LogP contribution in [0.3, 0.4) is 0 Å². The Morgan fingerprint density at radius 3 is 2.70 bits per heavy atom. The smallest absolute Gasteiger partial charge is 0.213 e. The molecule has 1 aromatic rings. The minimum Gasteiger partial charge on any atom is -0.474 e.